The first-order valence-electron chi connectivity index (χ1n) is 13.4. The number of nitrogens with one attached hydrogen (secondary N) is 2. The highest BCUT2D eigenvalue weighted by Gasteiger charge is 2.21. The predicted molar refractivity (Wildman–Crippen MR) is 152 cm³/mol. The van der Waals surface area contributed by atoms with Gasteiger partial charge in [-0.3, -0.25) is 9.69 Å². The summed E-state index contributed by atoms with van der Waals surface area (Å²) in [6.45, 7) is 4.44. The maximum absolute atomic E-state index is 12.7. The molecule has 10 nitrogen and oxygen atoms in total. The van der Waals surface area contributed by atoms with E-state index in [4.69, 9.17) is 9.15 Å². The number of benzene rings is 1. The third-order valence-corrected chi connectivity index (χ3v) is 7.31. The third kappa shape index (κ3) is 7.93. The summed E-state index contributed by atoms with van der Waals surface area (Å²) in [6, 6.07) is 8.20. The third-order valence-electron chi connectivity index (χ3n) is 7.31. The molecule has 210 valence electrons. The molecule has 5 rings (SSSR count). The zero-order valence-corrected chi connectivity index (χ0v) is 23.4. The minimum Gasteiger partial charge on any atom is -0.486 e. The molecule has 1 saturated carbocycles. The molecule has 0 saturated heterocycles. The molecule has 0 radical (unpaired) electrons. The van der Waals surface area contributed by atoms with Gasteiger partial charge in [-0.1, -0.05) is 25.3 Å². The summed E-state index contributed by atoms with van der Waals surface area (Å²) in [5, 5.41) is 16.8. The molecule has 2 aliphatic rings. The van der Waals surface area contributed by atoms with Crippen LogP contribution in [-0.2, 0) is 19.6 Å². The minimum absolute atomic E-state index is 0. The number of hydrogen-bond donors (Lipinski definition) is 3. The Balaban J connectivity index is 0.00000353. The predicted octanol–water partition coefficient (Wildman–Crippen LogP) is 3.36. The number of β-amino-alcohol motifs (C(OH)–C–C–N with tert-alkyl or cyclic N) is 1. The first kappa shape index (κ1) is 28.8. The van der Waals surface area contributed by atoms with Crippen molar-refractivity contribution in [1.29, 1.82) is 0 Å². The molecule has 1 fully saturated rings. The van der Waals surface area contributed by atoms with Crippen molar-refractivity contribution < 1.29 is 19.1 Å². The molecule has 3 N–H and O–H groups in total. The van der Waals surface area contributed by atoms with Crippen molar-refractivity contribution in [3.63, 3.8) is 0 Å². The molecule has 0 bridgehead atoms. The molecule has 11 heteroatoms. The average molecular weight is 555 g/mol. The number of hydrogen-bond acceptors (Lipinski definition) is 9. The van der Waals surface area contributed by atoms with E-state index in [0.29, 0.717) is 30.7 Å². The number of aliphatic hydroxyl groups is 1. The van der Waals surface area contributed by atoms with Crippen LogP contribution in [0.25, 0.3) is 0 Å². The SMILES string of the molecule is Cc1ncoc1COc1ccc2c(c1)CCN(C[C@@H](O)CNC(=O)c1cc(NC3CCCCC3)ncn1)C2.S. The van der Waals surface area contributed by atoms with Gasteiger partial charge in [0.25, 0.3) is 5.91 Å². The summed E-state index contributed by atoms with van der Waals surface area (Å²) in [4.78, 5) is 27.3. The fourth-order valence-electron chi connectivity index (χ4n) is 5.13. The van der Waals surface area contributed by atoms with Gasteiger partial charge in [-0.25, -0.2) is 15.0 Å². The van der Waals surface area contributed by atoms with E-state index in [9.17, 15) is 9.90 Å². The van der Waals surface area contributed by atoms with E-state index in [1.54, 1.807) is 6.07 Å². The molecule has 3 heterocycles. The van der Waals surface area contributed by atoms with Gasteiger partial charge in [-0.15, -0.1) is 0 Å². The number of carbonyl (C=O) groups is 1. The molecular weight excluding hydrogens is 516 g/mol. The Hall–Kier alpha value is -3.15. The Kier molecular flexibility index (Phi) is 10.2. The van der Waals surface area contributed by atoms with Gasteiger partial charge < -0.3 is 24.9 Å². The summed E-state index contributed by atoms with van der Waals surface area (Å²) in [5.41, 5.74) is 3.60. The lowest BCUT2D eigenvalue weighted by atomic mass is 9.95. The average Bonchev–Trinajstić information content (AvgIpc) is 3.35. The number of amides is 1. The van der Waals surface area contributed by atoms with Crippen molar-refractivity contribution in [3.8, 4) is 5.75 Å². The second-order valence-corrected chi connectivity index (χ2v) is 10.2. The number of aliphatic hydroxyl groups excluding tert-OH is 1. The molecule has 1 aliphatic heterocycles. The van der Waals surface area contributed by atoms with Crippen LogP contribution in [0.4, 0.5) is 5.82 Å². The monoisotopic (exact) mass is 554 g/mol. The van der Waals surface area contributed by atoms with E-state index in [1.807, 2.05) is 13.0 Å². The van der Waals surface area contributed by atoms with Gasteiger partial charge in [0.05, 0.1) is 11.8 Å². The van der Waals surface area contributed by atoms with Gasteiger partial charge in [-0.2, -0.15) is 13.5 Å². The van der Waals surface area contributed by atoms with E-state index < -0.39 is 6.10 Å². The van der Waals surface area contributed by atoms with Crippen LogP contribution in [0, 0.1) is 6.92 Å². The molecule has 1 atom stereocenters. The Morgan fingerprint density at radius 1 is 1.18 bits per heavy atom. The van der Waals surface area contributed by atoms with E-state index in [-0.39, 0.29) is 25.9 Å². The Labute approximate surface area is 236 Å². The molecule has 2 aromatic heterocycles. The molecule has 0 unspecified atom stereocenters. The van der Waals surface area contributed by atoms with Crippen LogP contribution in [0.3, 0.4) is 0 Å². The molecule has 0 spiro atoms. The summed E-state index contributed by atoms with van der Waals surface area (Å²) < 4.78 is 11.2. The van der Waals surface area contributed by atoms with Crippen molar-refractivity contribution in [2.75, 3.05) is 25.0 Å². The van der Waals surface area contributed by atoms with Crippen molar-refractivity contribution >= 4 is 25.2 Å². The topological polar surface area (TPSA) is 126 Å². The number of aryl methyl sites for hydroxylation is 1. The summed E-state index contributed by atoms with van der Waals surface area (Å²) in [5.74, 6) is 1.89. The maximum atomic E-state index is 12.7. The van der Waals surface area contributed by atoms with E-state index in [2.05, 4.69) is 42.6 Å². The number of fused-ring (bicyclic) bond motifs is 1. The van der Waals surface area contributed by atoms with Crippen molar-refractivity contribution in [2.24, 2.45) is 0 Å². The van der Waals surface area contributed by atoms with Crippen molar-refractivity contribution in [3.05, 3.63) is 65.3 Å². The Morgan fingerprint density at radius 3 is 2.82 bits per heavy atom. The van der Waals surface area contributed by atoms with E-state index in [0.717, 1.165) is 49.6 Å². The summed E-state index contributed by atoms with van der Waals surface area (Å²) in [7, 11) is 0. The summed E-state index contributed by atoms with van der Waals surface area (Å²) in [6.07, 6.45) is 8.98. The highest BCUT2D eigenvalue weighted by molar-refractivity contribution is 7.59. The number of oxazole rings is 1. The lowest BCUT2D eigenvalue weighted by molar-refractivity contribution is 0.0838. The zero-order chi connectivity index (χ0) is 26.3. The van der Waals surface area contributed by atoms with Gasteiger partial charge in [0.1, 0.15) is 30.2 Å². The summed E-state index contributed by atoms with van der Waals surface area (Å²) >= 11 is 0. The number of anilines is 1. The van der Waals surface area contributed by atoms with Crippen LogP contribution in [0.2, 0.25) is 0 Å². The molecular formula is C28H38N6O4S. The van der Waals surface area contributed by atoms with Gasteiger partial charge >= 0.3 is 0 Å². The fourth-order valence-corrected chi connectivity index (χ4v) is 5.13. The van der Waals surface area contributed by atoms with Gasteiger partial charge in [0, 0.05) is 38.3 Å². The number of ether oxygens (including phenoxy) is 1. The van der Waals surface area contributed by atoms with Crippen molar-refractivity contribution in [2.45, 2.75) is 70.7 Å². The Morgan fingerprint density at radius 2 is 2.03 bits per heavy atom. The molecule has 1 aromatic carbocycles. The largest absolute Gasteiger partial charge is 0.486 e. The minimum atomic E-state index is -0.685. The van der Waals surface area contributed by atoms with Crippen molar-refractivity contribution in [1.82, 2.24) is 25.2 Å². The van der Waals surface area contributed by atoms with E-state index >= 15 is 0 Å². The smallest absolute Gasteiger partial charge is 0.270 e. The van der Waals surface area contributed by atoms with Crippen LogP contribution in [-0.4, -0.2) is 62.6 Å². The van der Waals surface area contributed by atoms with Gasteiger partial charge in [0.15, 0.2) is 12.2 Å². The molecule has 1 aliphatic carbocycles. The molecule has 39 heavy (non-hydrogen) atoms. The Bertz CT molecular complexity index is 1230. The number of rotatable bonds is 10. The number of aromatic nitrogens is 3. The number of carbonyl (C=O) groups excluding carboxylic acids is 1. The highest BCUT2D eigenvalue weighted by atomic mass is 32.1. The standard InChI is InChI=1S/C28H36N6O4.H2S/c1-19-26(38-18-32-19)16-37-24-8-7-21-14-34(10-9-20(21)11-24)15-23(35)13-29-28(36)25-12-27(31-17-30-25)33-22-5-3-2-4-6-22;/h7-8,11-12,17-18,22-23,35H,2-6,9-10,13-16H2,1H3,(H,29,36)(H,30,31,33);1H2/t23-;/m0./s1. The normalized spacial score (nSPS) is 16.6. The van der Waals surface area contributed by atoms with E-state index in [1.165, 1.54) is 43.1 Å². The van der Waals surface area contributed by atoms with Crippen LogP contribution in [0.15, 0.2) is 41.4 Å². The molecule has 1 amide bonds. The second kappa shape index (κ2) is 13.8. The quantitative estimate of drug-likeness (QED) is 0.346. The zero-order valence-electron chi connectivity index (χ0n) is 22.4. The van der Waals surface area contributed by atoms with Gasteiger partial charge in [-0.05, 0) is 49.4 Å². The lowest BCUT2D eigenvalue weighted by Crippen LogP contribution is -2.42. The van der Waals surface area contributed by atoms with Crippen LogP contribution in [0.5, 0.6) is 5.75 Å². The maximum Gasteiger partial charge on any atom is 0.270 e. The lowest BCUT2D eigenvalue weighted by Gasteiger charge is -2.30. The second-order valence-electron chi connectivity index (χ2n) is 10.2. The van der Waals surface area contributed by atoms with Crippen LogP contribution in [0.1, 0.15) is 65.2 Å². The van der Waals surface area contributed by atoms with Gasteiger partial charge in [0.2, 0.25) is 0 Å². The first-order chi connectivity index (χ1) is 18.5. The van der Waals surface area contributed by atoms with Crippen LogP contribution < -0.4 is 15.4 Å². The highest BCUT2D eigenvalue weighted by Crippen LogP contribution is 2.25. The molecule has 3 aromatic rings. The fraction of sp³-hybridized carbons (Fsp3) is 0.500. The van der Waals surface area contributed by atoms with Crippen LogP contribution >= 0.6 is 13.5 Å². The number of nitrogens with zero attached hydrogens (tertiary/aromatic N) is 4. The first-order valence-corrected chi connectivity index (χ1v) is 13.4.